The molecule has 1 aliphatic rings. The van der Waals surface area contributed by atoms with E-state index in [1.165, 1.54) is 6.08 Å². The summed E-state index contributed by atoms with van der Waals surface area (Å²) in [5.74, 6) is 2.54. The van der Waals surface area contributed by atoms with Gasteiger partial charge >= 0.3 is 12.1 Å². The first-order valence-electron chi connectivity index (χ1n) is 13.5. The highest BCUT2D eigenvalue weighted by atomic mass is 19.4. The van der Waals surface area contributed by atoms with Crippen molar-refractivity contribution in [2.24, 2.45) is 0 Å². The molecule has 3 heterocycles. The molecule has 5 aromatic rings. The first kappa shape index (κ1) is 29.3. The number of nitrogens with one attached hydrogen (secondary N) is 1. The monoisotopic (exact) mass is 587 g/mol. The molecule has 0 aliphatic carbocycles. The number of benzene rings is 3. The van der Waals surface area contributed by atoms with Crippen LogP contribution >= 0.6 is 0 Å². The van der Waals surface area contributed by atoms with E-state index >= 15 is 0 Å². The lowest BCUT2D eigenvalue weighted by Crippen LogP contribution is -2.24. The number of esters is 1. The van der Waals surface area contributed by atoms with Crippen LogP contribution < -0.4 is 15.0 Å². The summed E-state index contributed by atoms with van der Waals surface area (Å²) in [4.78, 5) is 27.2. The Morgan fingerprint density at radius 2 is 1.81 bits per heavy atom. The number of hydrogen-bond donors (Lipinski definition) is 1. The van der Waals surface area contributed by atoms with Gasteiger partial charge in [-0.1, -0.05) is 42.5 Å². The maximum absolute atomic E-state index is 13.3. The van der Waals surface area contributed by atoms with E-state index in [4.69, 9.17) is 9.47 Å². The molecule has 7 nitrogen and oxygen atoms in total. The van der Waals surface area contributed by atoms with Crippen molar-refractivity contribution >= 4 is 39.3 Å². The van der Waals surface area contributed by atoms with Crippen molar-refractivity contribution in [3.63, 3.8) is 0 Å². The van der Waals surface area contributed by atoms with Crippen LogP contribution in [0.4, 0.5) is 18.9 Å². The Bertz CT molecular complexity index is 1880. The summed E-state index contributed by atoms with van der Waals surface area (Å²) in [7, 11) is 1.60. The Morgan fingerprint density at radius 1 is 1.05 bits per heavy atom. The molecule has 10 heteroatoms. The standard InChI is InChI=1S/C26H19F3N2O2.C7H9NO2/c1-33-19-9-7-17(8-10-19)14-31-23-12-11-22(30-13-3-4-18(15-30)26(27,28)29)20-5-2-6-21(25(20)23)24(31)16-32;1-2-10-7(9)6-3-4-8-5-6/h2-12,15H,13-14H2,1H3;3-5,8H,2H2,1H3. The Balaban J connectivity index is 0.000000314. The molecule has 0 spiro atoms. The normalized spacial score (nSPS) is 13.0. The van der Waals surface area contributed by atoms with Crippen molar-refractivity contribution in [2.75, 3.05) is 25.2 Å². The predicted octanol–water partition coefficient (Wildman–Crippen LogP) is 6.09. The number of carbonyl (C=O) groups excluding carboxylic acids is 2. The van der Waals surface area contributed by atoms with Gasteiger partial charge in [-0.25, -0.2) is 9.59 Å². The number of H-pyrrole nitrogens is 1. The molecule has 0 fully saturated rings. The Morgan fingerprint density at radius 3 is 2.47 bits per heavy atom. The molecule has 0 saturated carbocycles. The van der Waals surface area contributed by atoms with Crippen LogP contribution in [0.3, 0.4) is 0 Å². The van der Waals surface area contributed by atoms with Crippen LogP contribution in [-0.4, -0.2) is 47.9 Å². The molecule has 6 rings (SSSR count). The molecule has 2 aromatic heterocycles. The summed E-state index contributed by atoms with van der Waals surface area (Å²) in [5.41, 5.74) is 2.32. The number of methoxy groups -OCH3 is 1. The number of aromatic amines is 1. The van der Waals surface area contributed by atoms with Gasteiger partial charge in [0.05, 0.1) is 30.4 Å². The number of anilines is 1. The minimum absolute atomic E-state index is 0.274. The number of alkyl halides is 3. The fourth-order valence-electron chi connectivity index (χ4n) is 5.06. The van der Waals surface area contributed by atoms with Crippen LogP contribution in [0.25, 0.3) is 21.7 Å². The van der Waals surface area contributed by atoms with Crippen molar-refractivity contribution in [3.05, 3.63) is 113 Å². The van der Waals surface area contributed by atoms with E-state index in [0.29, 0.717) is 36.3 Å². The first-order chi connectivity index (χ1) is 20.7. The van der Waals surface area contributed by atoms with Gasteiger partial charge in [0, 0.05) is 53.5 Å². The van der Waals surface area contributed by atoms with Gasteiger partial charge < -0.3 is 23.9 Å². The van der Waals surface area contributed by atoms with Crippen LogP contribution in [0.5, 0.6) is 5.75 Å². The van der Waals surface area contributed by atoms with Crippen LogP contribution in [-0.2, 0) is 16.1 Å². The molecule has 0 bridgehead atoms. The molecular weight excluding hydrogens is 559 g/mol. The van der Waals surface area contributed by atoms with Crippen molar-refractivity contribution in [3.8, 4) is 5.75 Å². The van der Waals surface area contributed by atoms with Crippen LogP contribution in [0.1, 0.15) is 22.8 Å². The summed E-state index contributed by atoms with van der Waals surface area (Å²) < 4.78 is 51.7. The lowest BCUT2D eigenvalue weighted by molar-refractivity contribution is -0.0885. The van der Waals surface area contributed by atoms with Crippen molar-refractivity contribution in [2.45, 2.75) is 19.6 Å². The third-order valence-electron chi connectivity index (χ3n) is 7.05. The first-order valence-corrected chi connectivity index (χ1v) is 13.5. The molecular formula is C33H28F3N3O4. The zero-order valence-electron chi connectivity index (χ0n) is 23.4. The molecule has 1 aliphatic heterocycles. The average molecular weight is 588 g/mol. The van der Waals surface area contributed by atoms with E-state index < -0.39 is 11.7 Å². The number of aromatic nitrogens is 2. The van der Waals surface area contributed by atoms with Crippen LogP contribution in [0.2, 0.25) is 0 Å². The van der Waals surface area contributed by atoms with Gasteiger partial charge in [-0.2, -0.15) is 13.2 Å². The third-order valence-corrected chi connectivity index (χ3v) is 7.05. The second-order valence-electron chi connectivity index (χ2n) is 9.67. The zero-order valence-corrected chi connectivity index (χ0v) is 23.4. The largest absolute Gasteiger partial charge is 0.497 e. The second-order valence-corrected chi connectivity index (χ2v) is 9.67. The fraction of sp³-hybridized carbons (Fsp3) is 0.182. The molecule has 0 saturated heterocycles. The molecule has 1 N–H and O–H groups in total. The molecule has 0 atom stereocenters. The zero-order chi connectivity index (χ0) is 30.6. The highest BCUT2D eigenvalue weighted by Gasteiger charge is 2.33. The van der Waals surface area contributed by atoms with Gasteiger partial charge in [-0.15, -0.1) is 0 Å². The third kappa shape index (κ3) is 6.05. The van der Waals surface area contributed by atoms with E-state index in [9.17, 15) is 22.8 Å². The molecule has 220 valence electrons. The highest BCUT2D eigenvalue weighted by Crippen LogP contribution is 2.36. The Hall–Kier alpha value is -5.21. The number of hydrogen-bond acceptors (Lipinski definition) is 5. The van der Waals surface area contributed by atoms with E-state index in [2.05, 4.69) is 10.9 Å². The van der Waals surface area contributed by atoms with Gasteiger partial charge in [0.2, 0.25) is 0 Å². The van der Waals surface area contributed by atoms with E-state index in [0.717, 1.165) is 45.3 Å². The molecule has 43 heavy (non-hydrogen) atoms. The van der Waals surface area contributed by atoms with E-state index in [1.807, 2.05) is 53.1 Å². The lowest BCUT2D eigenvalue weighted by Gasteiger charge is -2.25. The lowest BCUT2D eigenvalue weighted by atomic mass is 10.0. The van der Waals surface area contributed by atoms with Gasteiger partial charge in [-0.3, -0.25) is 0 Å². The summed E-state index contributed by atoms with van der Waals surface area (Å²) in [6.07, 6.45) is 2.60. The van der Waals surface area contributed by atoms with E-state index in [1.54, 1.807) is 43.5 Å². The molecule has 0 radical (unpaired) electrons. The van der Waals surface area contributed by atoms with Gasteiger partial charge in [0.1, 0.15) is 11.1 Å². The molecule has 0 amide bonds. The smallest absolute Gasteiger partial charge is 0.417 e. The Kier molecular flexibility index (Phi) is 8.41. The maximum Gasteiger partial charge on any atom is 0.417 e. The SMILES string of the molecule is CCOC(=O)c1cc[nH]c1.COc1ccc(Cn2c(=C=O)c3cccc4c(N5C=C(C(F)(F)F)C=CC5)ccc2c43)cc1. The number of carbonyl (C=O) groups is 1. The predicted molar refractivity (Wildman–Crippen MR) is 159 cm³/mol. The fourth-order valence-corrected chi connectivity index (χ4v) is 5.06. The number of allylic oxidation sites excluding steroid dienone is 2. The highest BCUT2D eigenvalue weighted by molar-refractivity contribution is 6.15. The summed E-state index contributed by atoms with van der Waals surface area (Å²) in [6, 6.07) is 18.4. The van der Waals surface area contributed by atoms with E-state index in [-0.39, 0.29) is 5.97 Å². The van der Waals surface area contributed by atoms with Crippen molar-refractivity contribution in [1.29, 1.82) is 0 Å². The van der Waals surface area contributed by atoms with Crippen molar-refractivity contribution < 1.29 is 32.2 Å². The summed E-state index contributed by atoms with van der Waals surface area (Å²) >= 11 is 0. The number of rotatable bonds is 6. The minimum atomic E-state index is -4.42. The average Bonchev–Trinajstić information content (AvgIpc) is 3.66. The van der Waals surface area contributed by atoms with Crippen molar-refractivity contribution in [1.82, 2.24) is 9.55 Å². The van der Waals surface area contributed by atoms with Gasteiger partial charge in [0.15, 0.2) is 5.94 Å². The number of nitrogens with zero attached hydrogens (tertiary/aromatic N) is 2. The Labute approximate surface area is 245 Å². The summed E-state index contributed by atoms with van der Waals surface area (Å²) in [5, 5.41) is 2.75. The maximum atomic E-state index is 13.3. The molecule has 0 unspecified atom stereocenters. The molecule has 3 aromatic carbocycles. The van der Waals surface area contributed by atoms with Gasteiger partial charge in [0.25, 0.3) is 0 Å². The second kappa shape index (κ2) is 12.3. The quantitative estimate of drug-likeness (QED) is 0.244. The summed E-state index contributed by atoms with van der Waals surface area (Å²) in [6.45, 7) is 2.97. The minimum Gasteiger partial charge on any atom is -0.497 e. The topological polar surface area (TPSA) is 76.6 Å². The number of ether oxygens (including phenoxy) is 2. The van der Waals surface area contributed by atoms with Gasteiger partial charge in [-0.05, 0) is 42.8 Å². The number of halogens is 3. The van der Waals surface area contributed by atoms with Crippen LogP contribution in [0.15, 0.2) is 97.0 Å². The van der Waals surface area contributed by atoms with Crippen LogP contribution in [0, 0.1) is 0 Å².